The predicted molar refractivity (Wildman–Crippen MR) is 90.3 cm³/mol. The van der Waals surface area contributed by atoms with Gasteiger partial charge in [0.1, 0.15) is 6.17 Å². The summed E-state index contributed by atoms with van der Waals surface area (Å²) in [6, 6.07) is 14.3. The summed E-state index contributed by atoms with van der Waals surface area (Å²) in [6.07, 6.45) is -0.197. The molecule has 0 fully saturated rings. The second-order valence-electron chi connectivity index (χ2n) is 6.15. The van der Waals surface area contributed by atoms with Gasteiger partial charge < -0.3 is 10.0 Å². The number of nitrogens with zero attached hydrogens (tertiary/aromatic N) is 2. The van der Waals surface area contributed by atoms with Gasteiger partial charge in [-0.3, -0.25) is 19.3 Å². The van der Waals surface area contributed by atoms with Gasteiger partial charge in [0.15, 0.2) is 0 Å². The minimum absolute atomic E-state index is 0.0201. The van der Waals surface area contributed by atoms with Crippen molar-refractivity contribution in [1.29, 1.82) is 0 Å². The molecule has 6 heteroatoms. The zero-order valence-corrected chi connectivity index (χ0v) is 13.4. The molecule has 0 bridgehead atoms. The second kappa shape index (κ2) is 5.73. The van der Waals surface area contributed by atoms with Crippen LogP contribution in [0.3, 0.4) is 0 Å². The van der Waals surface area contributed by atoms with Crippen LogP contribution in [-0.2, 0) is 4.79 Å². The minimum Gasteiger partial charge on any atom is -0.481 e. The fraction of sp³-hybridized carbons (Fsp3) is 0.211. The SMILES string of the molecule is O=C(O)CCCN1C(=O)c2ccccc2N2C(=O)c3ccccc3[C@@H]12. The third-order valence-electron chi connectivity index (χ3n) is 4.67. The van der Waals surface area contributed by atoms with Crippen LogP contribution >= 0.6 is 0 Å². The lowest BCUT2D eigenvalue weighted by molar-refractivity contribution is -0.137. The van der Waals surface area contributed by atoms with Gasteiger partial charge in [-0.15, -0.1) is 0 Å². The van der Waals surface area contributed by atoms with E-state index in [2.05, 4.69) is 0 Å². The molecule has 2 aliphatic rings. The monoisotopic (exact) mass is 336 g/mol. The Bertz CT molecular complexity index is 892. The Morgan fingerprint density at radius 2 is 1.64 bits per heavy atom. The molecular formula is C19H16N2O4. The summed E-state index contributed by atoms with van der Waals surface area (Å²) in [5.74, 6) is -1.21. The van der Waals surface area contributed by atoms with Crippen LogP contribution in [0, 0.1) is 0 Å². The number of para-hydroxylation sites is 1. The molecule has 4 rings (SSSR count). The molecule has 2 amide bonds. The Kier molecular flexibility index (Phi) is 3.53. The van der Waals surface area contributed by atoms with Crippen LogP contribution in [0.5, 0.6) is 0 Å². The van der Waals surface area contributed by atoms with E-state index in [1.807, 2.05) is 12.1 Å². The van der Waals surface area contributed by atoms with Crippen molar-refractivity contribution in [3.8, 4) is 0 Å². The van der Waals surface area contributed by atoms with Gasteiger partial charge in [0, 0.05) is 24.1 Å². The first kappa shape index (κ1) is 15.4. The number of carbonyl (C=O) groups excluding carboxylic acids is 2. The fourth-order valence-corrected chi connectivity index (χ4v) is 3.60. The highest BCUT2D eigenvalue weighted by Gasteiger charge is 2.47. The molecule has 2 aliphatic heterocycles. The average molecular weight is 336 g/mol. The fourth-order valence-electron chi connectivity index (χ4n) is 3.60. The molecule has 2 aromatic rings. The van der Waals surface area contributed by atoms with Gasteiger partial charge in [-0.1, -0.05) is 30.3 Å². The molecule has 1 atom stereocenters. The largest absolute Gasteiger partial charge is 0.481 e. The van der Waals surface area contributed by atoms with E-state index in [-0.39, 0.29) is 24.8 Å². The van der Waals surface area contributed by atoms with Gasteiger partial charge in [-0.25, -0.2) is 0 Å². The van der Waals surface area contributed by atoms with Crippen LogP contribution in [0.25, 0.3) is 0 Å². The number of carbonyl (C=O) groups is 3. The van der Waals surface area contributed by atoms with Gasteiger partial charge in [0.2, 0.25) is 0 Å². The first-order valence-corrected chi connectivity index (χ1v) is 8.14. The lowest BCUT2D eigenvalue weighted by Crippen LogP contribution is -2.48. The maximum atomic E-state index is 13.0. The normalized spacial score (nSPS) is 18.0. The molecule has 0 spiro atoms. The third-order valence-corrected chi connectivity index (χ3v) is 4.67. The Balaban J connectivity index is 1.81. The van der Waals surface area contributed by atoms with E-state index in [4.69, 9.17) is 5.11 Å². The van der Waals surface area contributed by atoms with Crippen LogP contribution < -0.4 is 4.90 Å². The van der Waals surface area contributed by atoms with Crippen molar-refractivity contribution >= 4 is 23.5 Å². The van der Waals surface area contributed by atoms with Gasteiger partial charge in [-0.2, -0.15) is 0 Å². The van der Waals surface area contributed by atoms with Crippen molar-refractivity contribution in [3.63, 3.8) is 0 Å². The second-order valence-corrected chi connectivity index (χ2v) is 6.15. The van der Waals surface area contributed by atoms with Crippen molar-refractivity contribution in [2.24, 2.45) is 0 Å². The Morgan fingerprint density at radius 1 is 0.960 bits per heavy atom. The van der Waals surface area contributed by atoms with E-state index in [0.717, 1.165) is 5.56 Å². The summed E-state index contributed by atoms with van der Waals surface area (Å²) in [7, 11) is 0. The van der Waals surface area contributed by atoms with Crippen molar-refractivity contribution in [3.05, 3.63) is 65.2 Å². The summed E-state index contributed by atoms with van der Waals surface area (Å²) in [5.41, 5.74) is 2.44. The van der Waals surface area contributed by atoms with Gasteiger partial charge in [0.25, 0.3) is 11.8 Å². The van der Waals surface area contributed by atoms with E-state index in [1.165, 1.54) is 0 Å². The first-order valence-electron chi connectivity index (χ1n) is 8.14. The molecule has 0 saturated heterocycles. The molecule has 2 aromatic carbocycles. The van der Waals surface area contributed by atoms with E-state index < -0.39 is 12.1 Å². The number of hydrogen-bond donors (Lipinski definition) is 1. The summed E-state index contributed by atoms with van der Waals surface area (Å²) < 4.78 is 0. The molecule has 0 saturated carbocycles. The first-order chi connectivity index (χ1) is 12.1. The minimum atomic E-state index is -0.899. The highest BCUT2D eigenvalue weighted by atomic mass is 16.4. The molecular weight excluding hydrogens is 320 g/mol. The Labute approximate surface area is 144 Å². The maximum absolute atomic E-state index is 13.0. The van der Waals surface area contributed by atoms with Crippen molar-refractivity contribution in [2.45, 2.75) is 19.0 Å². The maximum Gasteiger partial charge on any atom is 0.303 e. The van der Waals surface area contributed by atoms with E-state index in [0.29, 0.717) is 23.2 Å². The number of benzene rings is 2. The number of carboxylic acid groups (broad SMARTS) is 1. The average Bonchev–Trinajstić information content (AvgIpc) is 2.91. The van der Waals surface area contributed by atoms with Crippen molar-refractivity contribution in [2.75, 3.05) is 11.4 Å². The predicted octanol–water partition coefficient (Wildman–Crippen LogP) is 2.67. The topological polar surface area (TPSA) is 77.9 Å². The quantitative estimate of drug-likeness (QED) is 0.931. The van der Waals surface area contributed by atoms with Crippen LogP contribution in [0.2, 0.25) is 0 Å². The number of rotatable bonds is 4. The molecule has 0 aromatic heterocycles. The van der Waals surface area contributed by atoms with E-state index in [1.54, 1.807) is 46.2 Å². The van der Waals surface area contributed by atoms with Gasteiger partial charge in [0.05, 0.1) is 11.3 Å². The number of amides is 2. The summed E-state index contributed by atoms with van der Waals surface area (Å²) >= 11 is 0. The molecule has 6 nitrogen and oxygen atoms in total. The zero-order chi connectivity index (χ0) is 17.6. The Hall–Kier alpha value is -3.15. The summed E-state index contributed by atoms with van der Waals surface area (Å²) in [6.45, 7) is 0.280. The van der Waals surface area contributed by atoms with Gasteiger partial charge in [-0.05, 0) is 24.6 Å². The molecule has 25 heavy (non-hydrogen) atoms. The lowest BCUT2D eigenvalue weighted by atomic mass is 10.0. The molecule has 2 heterocycles. The lowest BCUT2D eigenvalue weighted by Gasteiger charge is -2.40. The van der Waals surface area contributed by atoms with Crippen LogP contribution in [0.1, 0.15) is 45.3 Å². The highest BCUT2D eigenvalue weighted by molar-refractivity contribution is 6.16. The van der Waals surface area contributed by atoms with Crippen LogP contribution in [0.4, 0.5) is 5.69 Å². The standard InChI is InChI=1S/C19H16N2O4/c22-16(23)10-5-11-20-17-12-6-1-2-7-13(12)19(25)21(17)15-9-4-3-8-14(15)18(20)24/h1-4,6-9,17H,5,10-11H2,(H,22,23)/t17-/m0/s1. The third kappa shape index (κ3) is 2.29. The van der Waals surface area contributed by atoms with Crippen molar-refractivity contribution in [1.82, 2.24) is 4.90 Å². The number of fused-ring (bicyclic) bond motifs is 5. The summed E-state index contributed by atoms with van der Waals surface area (Å²) in [4.78, 5) is 40.0. The van der Waals surface area contributed by atoms with Gasteiger partial charge >= 0.3 is 5.97 Å². The van der Waals surface area contributed by atoms with Crippen molar-refractivity contribution < 1.29 is 19.5 Å². The van der Waals surface area contributed by atoms with E-state index >= 15 is 0 Å². The van der Waals surface area contributed by atoms with E-state index in [9.17, 15) is 14.4 Å². The number of aliphatic carboxylic acids is 1. The zero-order valence-electron chi connectivity index (χ0n) is 13.4. The molecule has 1 N–H and O–H groups in total. The number of hydrogen-bond acceptors (Lipinski definition) is 3. The molecule has 0 unspecified atom stereocenters. The molecule has 126 valence electrons. The smallest absolute Gasteiger partial charge is 0.303 e. The highest BCUT2D eigenvalue weighted by Crippen LogP contribution is 2.45. The number of carboxylic acids is 1. The van der Waals surface area contributed by atoms with Crippen LogP contribution in [-0.4, -0.2) is 34.3 Å². The van der Waals surface area contributed by atoms with Crippen LogP contribution in [0.15, 0.2) is 48.5 Å². The number of anilines is 1. The Morgan fingerprint density at radius 3 is 2.40 bits per heavy atom. The molecule has 0 radical (unpaired) electrons. The molecule has 0 aliphatic carbocycles. The summed E-state index contributed by atoms with van der Waals surface area (Å²) in [5, 5.41) is 8.89.